The number of allylic oxidation sites excluding steroid dienone is 1. The van der Waals surface area contributed by atoms with E-state index >= 15 is 0 Å². The van der Waals surface area contributed by atoms with Crippen molar-refractivity contribution in [1.29, 1.82) is 0 Å². The monoisotopic (exact) mass is 182 g/mol. The van der Waals surface area contributed by atoms with Crippen molar-refractivity contribution >= 4 is 23.1 Å². The van der Waals surface area contributed by atoms with Gasteiger partial charge in [-0.1, -0.05) is 48.5 Å². The molecule has 2 aromatic carbocycles. The summed E-state index contributed by atoms with van der Waals surface area (Å²) in [4.78, 5) is 10.2. The zero-order chi connectivity index (χ0) is 9.80. The summed E-state index contributed by atoms with van der Waals surface area (Å²) in [5, 5.41) is 2.37. The van der Waals surface area contributed by atoms with Crippen molar-refractivity contribution in [3.8, 4) is 0 Å². The van der Waals surface area contributed by atoms with Gasteiger partial charge in [-0.15, -0.1) is 0 Å². The fourth-order valence-corrected chi connectivity index (χ4v) is 1.54. The van der Waals surface area contributed by atoms with Gasteiger partial charge < -0.3 is 0 Å². The zero-order valence-electron chi connectivity index (χ0n) is 7.68. The lowest BCUT2D eigenvalue weighted by molar-refractivity contribution is -0.104. The molecule has 2 rings (SSSR count). The van der Waals surface area contributed by atoms with Gasteiger partial charge >= 0.3 is 0 Å². The van der Waals surface area contributed by atoms with E-state index in [1.165, 1.54) is 16.8 Å². The highest BCUT2D eigenvalue weighted by Crippen LogP contribution is 2.19. The first-order valence-electron chi connectivity index (χ1n) is 4.51. The molecule has 0 unspecified atom stereocenters. The Morgan fingerprint density at radius 1 is 0.929 bits per heavy atom. The molecular formula is C13H10O. The number of hydrogen-bond donors (Lipinski definition) is 0. The lowest BCUT2D eigenvalue weighted by Crippen LogP contribution is -1.77. The first-order valence-corrected chi connectivity index (χ1v) is 4.51. The minimum Gasteiger partial charge on any atom is -0.299 e. The number of benzene rings is 2. The summed E-state index contributed by atoms with van der Waals surface area (Å²) in [6.07, 6.45) is 4.14. The molecule has 0 heterocycles. The number of hydrogen-bond acceptors (Lipinski definition) is 1. The van der Waals surface area contributed by atoms with Gasteiger partial charge in [-0.3, -0.25) is 4.79 Å². The molecule has 2 aromatic rings. The van der Waals surface area contributed by atoms with Crippen LogP contribution in [0.25, 0.3) is 16.8 Å². The maximum atomic E-state index is 10.2. The largest absolute Gasteiger partial charge is 0.299 e. The Balaban J connectivity index is 2.64. The minimum absolute atomic E-state index is 0.793. The van der Waals surface area contributed by atoms with Gasteiger partial charge in [-0.25, -0.2) is 0 Å². The molecule has 0 N–H and O–H groups in total. The summed E-state index contributed by atoms with van der Waals surface area (Å²) >= 11 is 0. The highest BCUT2D eigenvalue weighted by molar-refractivity contribution is 5.92. The summed E-state index contributed by atoms with van der Waals surface area (Å²) in [7, 11) is 0. The summed E-state index contributed by atoms with van der Waals surface area (Å²) in [6.45, 7) is 0. The van der Waals surface area contributed by atoms with Crippen molar-refractivity contribution in [2.75, 3.05) is 0 Å². The van der Waals surface area contributed by atoms with Crippen molar-refractivity contribution < 1.29 is 4.79 Å². The molecule has 0 atom stereocenters. The van der Waals surface area contributed by atoms with Gasteiger partial charge in [0, 0.05) is 0 Å². The SMILES string of the molecule is O=C/C=C/c1cccc2ccccc12. The van der Waals surface area contributed by atoms with E-state index in [0.29, 0.717) is 0 Å². The fraction of sp³-hybridized carbons (Fsp3) is 0. The van der Waals surface area contributed by atoms with E-state index in [0.717, 1.165) is 11.8 Å². The van der Waals surface area contributed by atoms with Crippen LogP contribution in [0.15, 0.2) is 48.5 Å². The van der Waals surface area contributed by atoms with Crippen LogP contribution >= 0.6 is 0 Å². The number of rotatable bonds is 2. The molecule has 68 valence electrons. The maximum absolute atomic E-state index is 10.2. The molecule has 0 saturated heterocycles. The van der Waals surface area contributed by atoms with Gasteiger partial charge in [0.2, 0.25) is 0 Å². The molecule has 0 spiro atoms. The Kier molecular flexibility index (Phi) is 2.41. The molecule has 1 nitrogen and oxygen atoms in total. The highest BCUT2D eigenvalue weighted by atomic mass is 16.1. The van der Waals surface area contributed by atoms with E-state index in [1.54, 1.807) is 0 Å². The minimum atomic E-state index is 0.793. The van der Waals surface area contributed by atoms with Crippen LogP contribution in [0.4, 0.5) is 0 Å². The van der Waals surface area contributed by atoms with Crippen LogP contribution < -0.4 is 0 Å². The first-order chi connectivity index (χ1) is 6.92. The van der Waals surface area contributed by atoms with Crippen molar-refractivity contribution in [3.05, 3.63) is 54.1 Å². The van der Waals surface area contributed by atoms with Gasteiger partial charge in [-0.2, -0.15) is 0 Å². The van der Waals surface area contributed by atoms with Gasteiger partial charge in [0.15, 0.2) is 0 Å². The van der Waals surface area contributed by atoms with Crippen molar-refractivity contribution in [2.24, 2.45) is 0 Å². The van der Waals surface area contributed by atoms with Gasteiger partial charge in [0.1, 0.15) is 6.29 Å². The fourth-order valence-electron chi connectivity index (χ4n) is 1.54. The van der Waals surface area contributed by atoms with Crippen LogP contribution in [0.5, 0.6) is 0 Å². The van der Waals surface area contributed by atoms with E-state index in [9.17, 15) is 4.79 Å². The number of aldehydes is 1. The van der Waals surface area contributed by atoms with Crippen LogP contribution in [0, 0.1) is 0 Å². The molecule has 0 radical (unpaired) electrons. The summed E-state index contributed by atoms with van der Waals surface area (Å²) < 4.78 is 0. The van der Waals surface area contributed by atoms with E-state index in [1.807, 2.05) is 30.3 Å². The topological polar surface area (TPSA) is 17.1 Å². The number of carbonyl (C=O) groups excluding carboxylic acids is 1. The van der Waals surface area contributed by atoms with E-state index in [4.69, 9.17) is 0 Å². The second-order valence-corrected chi connectivity index (χ2v) is 3.06. The molecule has 0 aliphatic carbocycles. The Labute approximate surface area is 82.7 Å². The zero-order valence-corrected chi connectivity index (χ0v) is 7.68. The van der Waals surface area contributed by atoms with Crippen molar-refractivity contribution in [1.82, 2.24) is 0 Å². The third-order valence-corrected chi connectivity index (χ3v) is 2.18. The van der Waals surface area contributed by atoms with Crippen LogP contribution in [0.1, 0.15) is 5.56 Å². The standard InChI is InChI=1S/C13H10O/c14-10-4-8-12-7-3-6-11-5-1-2-9-13(11)12/h1-10H/b8-4+. The lowest BCUT2D eigenvalue weighted by atomic mass is 10.0. The van der Waals surface area contributed by atoms with E-state index in [2.05, 4.69) is 18.2 Å². The molecule has 0 aliphatic heterocycles. The molecule has 14 heavy (non-hydrogen) atoms. The Morgan fingerprint density at radius 3 is 2.57 bits per heavy atom. The third-order valence-electron chi connectivity index (χ3n) is 2.18. The number of carbonyl (C=O) groups is 1. The molecule has 1 heteroatoms. The second kappa shape index (κ2) is 3.88. The molecule has 0 amide bonds. The first kappa shape index (κ1) is 8.70. The number of fused-ring (bicyclic) bond motifs is 1. The molecule has 0 fully saturated rings. The van der Waals surface area contributed by atoms with E-state index < -0.39 is 0 Å². The van der Waals surface area contributed by atoms with Crippen molar-refractivity contribution in [2.45, 2.75) is 0 Å². The maximum Gasteiger partial charge on any atom is 0.142 e. The molecule has 0 aliphatic rings. The normalized spacial score (nSPS) is 10.9. The summed E-state index contributed by atoms with van der Waals surface area (Å²) in [5.74, 6) is 0. The Hall–Kier alpha value is -1.89. The van der Waals surface area contributed by atoms with Crippen molar-refractivity contribution in [3.63, 3.8) is 0 Å². The predicted molar refractivity (Wildman–Crippen MR) is 59.0 cm³/mol. The Morgan fingerprint density at radius 2 is 1.71 bits per heavy atom. The summed E-state index contributed by atoms with van der Waals surface area (Å²) in [6, 6.07) is 14.2. The van der Waals surface area contributed by atoms with Crippen LogP contribution in [-0.2, 0) is 4.79 Å². The molecule has 0 bridgehead atoms. The van der Waals surface area contributed by atoms with Gasteiger partial charge in [-0.05, 0) is 22.4 Å². The predicted octanol–water partition coefficient (Wildman–Crippen LogP) is 3.05. The van der Waals surface area contributed by atoms with Gasteiger partial charge in [0.05, 0.1) is 0 Å². The average molecular weight is 182 g/mol. The van der Waals surface area contributed by atoms with Gasteiger partial charge in [0.25, 0.3) is 0 Å². The van der Waals surface area contributed by atoms with E-state index in [-0.39, 0.29) is 0 Å². The molecule has 0 saturated carbocycles. The van der Waals surface area contributed by atoms with Crippen LogP contribution in [-0.4, -0.2) is 6.29 Å². The summed E-state index contributed by atoms with van der Waals surface area (Å²) in [5.41, 5.74) is 1.08. The quantitative estimate of drug-likeness (QED) is 0.515. The molecule has 0 aromatic heterocycles. The highest BCUT2D eigenvalue weighted by Gasteiger charge is 1.94. The van der Waals surface area contributed by atoms with Crippen LogP contribution in [0.3, 0.4) is 0 Å². The third kappa shape index (κ3) is 1.57. The Bertz CT molecular complexity index is 478. The van der Waals surface area contributed by atoms with Crippen LogP contribution in [0.2, 0.25) is 0 Å². The molecular weight excluding hydrogens is 172 g/mol. The average Bonchev–Trinajstić information content (AvgIpc) is 2.26. The smallest absolute Gasteiger partial charge is 0.142 e. The lowest BCUT2D eigenvalue weighted by Gasteiger charge is -2.00. The second-order valence-electron chi connectivity index (χ2n) is 3.06.